The number of nitrogens with zero attached hydrogens (tertiary/aromatic N) is 1. The van der Waals surface area contributed by atoms with E-state index in [4.69, 9.17) is 0 Å². The predicted molar refractivity (Wildman–Crippen MR) is 50.2 cm³/mol. The molecule has 0 aromatic rings. The molecule has 1 rings (SSSR count). The van der Waals surface area contributed by atoms with E-state index in [2.05, 4.69) is 5.43 Å². The smallest absolute Gasteiger partial charge is 0.269 e. The van der Waals surface area contributed by atoms with Gasteiger partial charge in [-0.05, 0) is 0 Å². The maximum atomic E-state index is 11.4. The summed E-state index contributed by atoms with van der Waals surface area (Å²) in [4.78, 5) is 22.4. The van der Waals surface area contributed by atoms with Crippen molar-refractivity contribution in [2.45, 2.75) is 0 Å². The van der Waals surface area contributed by atoms with Gasteiger partial charge in [-0.1, -0.05) is 21.6 Å². The van der Waals surface area contributed by atoms with Gasteiger partial charge in [0.1, 0.15) is 5.75 Å². The van der Waals surface area contributed by atoms with E-state index in [1.807, 2.05) is 0 Å². The molecule has 0 saturated carbocycles. The first-order chi connectivity index (χ1) is 5.52. The molecule has 1 saturated heterocycles. The number of nitrogens with one attached hydrogen (secondary N) is 1. The van der Waals surface area contributed by atoms with Crippen LogP contribution in [-0.4, -0.2) is 42.0 Å². The van der Waals surface area contributed by atoms with Gasteiger partial charge in [0, 0.05) is 0 Å². The zero-order valence-corrected chi connectivity index (χ0v) is 8.63. The molecule has 1 heterocycles. The molecular weight excluding hydrogens is 196 g/mol. The van der Waals surface area contributed by atoms with Crippen molar-refractivity contribution in [2.75, 3.05) is 25.6 Å². The highest BCUT2D eigenvalue weighted by Crippen LogP contribution is 2.23. The van der Waals surface area contributed by atoms with E-state index in [0.29, 0.717) is 11.5 Å². The topological polar surface area (TPSA) is 46.2 Å². The molecule has 0 spiro atoms. The number of hydrogen-bond acceptors (Lipinski definition) is 4. The average Bonchev–Trinajstić information content (AvgIpc) is 1.95. The maximum Gasteiger partial charge on any atom is 0.348 e. The van der Waals surface area contributed by atoms with Crippen LogP contribution in [0.4, 0.5) is 0 Å². The van der Waals surface area contributed by atoms with Crippen molar-refractivity contribution in [1.29, 1.82) is 0 Å². The highest BCUT2D eigenvalue weighted by atomic mass is 33.1. The molecule has 2 amide bonds. The monoisotopic (exact) mass is 207 g/mol. The predicted octanol–water partition coefficient (Wildman–Crippen LogP) is 0.0156. The fourth-order valence-corrected chi connectivity index (χ4v) is 2.64. The fraction of sp³-hybridized carbons (Fsp3) is 0.667. The largest absolute Gasteiger partial charge is 0.348 e. The highest BCUT2D eigenvalue weighted by molar-refractivity contribution is 8.77. The third-order valence-electron chi connectivity index (χ3n) is 1.48. The number of rotatable bonds is 0. The summed E-state index contributed by atoms with van der Waals surface area (Å²) in [6.45, 7) is 0. The van der Waals surface area contributed by atoms with E-state index in [0.717, 1.165) is 0 Å². The van der Waals surface area contributed by atoms with Crippen molar-refractivity contribution in [3.8, 4) is 0 Å². The summed E-state index contributed by atoms with van der Waals surface area (Å²) in [5.74, 6) is 0.781. The van der Waals surface area contributed by atoms with Crippen LogP contribution in [0.2, 0.25) is 0 Å². The molecule has 12 heavy (non-hydrogen) atoms. The van der Waals surface area contributed by atoms with Crippen LogP contribution in [0.15, 0.2) is 0 Å². The molecule has 4 nitrogen and oxygen atoms in total. The van der Waals surface area contributed by atoms with Gasteiger partial charge in [0.15, 0.2) is 0 Å². The molecule has 0 bridgehead atoms. The Morgan fingerprint density at radius 2 is 1.83 bits per heavy atom. The van der Waals surface area contributed by atoms with Crippen LogP contribution in [0.5, 0.6) is 0 Å². The zero-order valence-electron chi connectivity index (χ0n) is 6.99. The van der Waals surface area contributed by atoms with E-state index in [9.17, 15) is 9.59 Å². The van der Waals surface area contributed by atoms with E-state index >= 15 is 0 Å². The fourth-order valence-electron chi connectivity index (χ4n) is 0.755. The molecule has 1 aliphatic heterocycles. The zero-order chi connectivity index (χ0) is 9.19. The lowest BCUT2D eigenvalue weighted by Gasteiger charge is -2.27. The second kappa shape index (κ2) is 3.68. The van der Waals surface area contributed by atoms with E-state index in [1.54, 1.807) is 14.1 Å². The molecule has 0 aliphatic carbocycles. The van der Waals surface area contributed by atoms with Gasteiger partial charge in [-0.15, -0.1) is 0 Å². The van der Waals surface area contributed by atoms with Crippen LogP contribution in [0, 0.1) is 0 Å². The van der Waals surface area contributed by atoms with Crippen LogP contribution < -0.4 is 5.43 Å². The van der Waals surface area contributed by atoms with Crippen LogP contribution >= 0.6 is 21.6 Å². The van der Waals surface area contributed by atoms with Crippen molar-refractivity contribution in [3.05, 3.63) is 0 Å². The van der Waals surface area contributed by atoms with Gasteiger partial charge in [0.05, 0.1) is 19.8 Å². The Morgan fingerprint density at radius 1 is 1.25 bits per heavy atom. The Kier molecular flexibility index (Phi) is 3.03. The van der Waals surface area contributed by atoms with Gasteiger partial charge in [0.2, 0.25) is 0 Å². The summed E-state index contributed by atoms with van der Waals surface area (Å²) in [6, 6.07) is 0. The Labute approximate surface area is 79.0 Å². The van der Waals surface area contributed by atoms with Crippen LogP contribution in [0.25, 0.3) is 0 Å². The van der Waals surface area contributed by atoms with Gasteiger partial charge < -0.3 is 0 Å². The molecule has 6 heteroatoms. The van der Waals surface area contributed by atoms with Crippen molar-refractivity contribution in [2.24, 2.45) is 0 Å². The van der Waals surface area contributed by atoms with Crippen LogP contribution in [0.1, 0.15) is 0 Å². The minimum absolute atomic E-state index is 0.0144. The quantitative estimate of drug-likeness (QED) is 0.449. The third-order valence-corrected chi connectivity index (χ3v) is 3.60. The number of carbonyl (C=O) groups is 2. The van der Waals surface area contributed by atoms with E-state index in [1.165, 1.54) is 21.6 Å². The summed E-state index contributed by atoms with van der Waals surface area (Å²) >= 11 is 0. The molecule has 1 N–H and O–H groups in total. The summed E-state index contributed by atoms with van der Waals surface area (Å²) in [6.07, 6.45) is 0. The van der Waals surface area contributed by atoms with E-state index < -0.39 is 0 Å². The van der Waals surface area contributed by atoms with Crippen LogP contribution in [-0.2, 0) is 9.59 Å². The van der Waals surface area contributed by atoms with Gasteiger partial charge in [0.25, 0.3) is 5.91 Å². The number of hydrogen-bond donors (Lipinski definition) is 1. The standard InChI is InChI=1S/C6H10N2O2S2/c1-8(2)6(10)4-12-11-3-5(9)7-8/h3-4H2,1-2H3/p+1. The lowest BCUT2D eigenvalue weighted by molar-refractivity contribution is -0.849. The maximum absolute atomic E-state index is 11.4. The summed E-state index contributed by atoms with van der Waals surface area (Å²) < 4.78 is -0.0492. The van der Waals surface area contributed by atoms with Crippen molar-refractivity contribution in [1.82, 2.24) is 5.43 Å². The number of quaternary nitrogens is 1. The first kappa shape index (κ1) is 9.88. The van der Waals surface area contributed by atoms with Gasteiger partial charge in [-0.25, -0.2) is 4.79 Å². The molecule has 68 valence electrons. The first-order valence-electron chi connectivity index (χ1n) is 3.45. The minimum Gasteiger partial charge on any atom is -0.269 e. The Bertz CT molecular complexity index is 218. The van der Waals surface area contributed by atoms with Crippen molar-refractivity contribution >= 4 is 33.4 Å². The molecule has 0 aromatic carbocycles. The minimum atomic E-state index is -0.0921. The molecule has 0 atom stereocenters. The highest BCUT2D eigenvalue weighted by Gasteiger charge is 2.30. The van der Waals surface area contributed by atoms with Crippen LogP contribution in [0.3, 0.4) is 0 Å². The number of carbonyl (C=O) groups excluding carboxylic acids is 2. The second-order valence-electron chi connectivity index (χ2n) is 2.91. The van der Waals surface area contributed by atoms with Crippen molar-refractivity contribution < 1.29 is 14.2 Å². The molecule has 0 radical (unpaired) electrons. The first-order valence-corrected chi connectivity index (χ1v) is 5.94. The summed E-state index contributed by atoms with van der Waals surface area (Å²) in [5.41, 5.74) is 2.62. The summed E-state index contributed by atoms with van der Waals surface area (Å²) in [7, 11) is 6.20. The summed E-state index contributed by atoms with van der Waals surface area (Å²) in [5, 5.41) is 0. The number of amides is 2. The lowest BCUT2D eigenvalue weighted by Crippen LogP contribution is -2.59. The molecule has 0 aromatic heterocycles. The van der Waals surface area contributed by atoms with E-state index in [-0.39, 0.29) is 16.4 Å². The Balaban J connectivity index is 2.69. The normalized spacial score (nSPS) is 24.2. The SMILES string of the molecule is C[N+]1(C)NC(=O)CSSCC1=O. The third kappa shape index (κ3) is 2.40. The molecular formula is C6H11N2O2S2+. The van der Waals surface area contributed by atoms with Gasteiger partial charge >= 0.3 is 5.91 Å². The molecule has 1 aliphatic rings. The van der Waals surface area contributed by atoms with Gasteiger partial charge in [-0.2, -0.15) is 10.0 Å². The molecule has 1 fully saturated rings. The second-order valence-corrected chi connectivity index (χ2v) is 5.37. The lowest BCUT2D eigenvalue weighted by atomic mass is 10.6. The Morgan fingerprint density at radius 3 is 2.50 bits per heavy atom. The molecule has 0 unspecified atom stereocenters. The van der Waals surface area contributed by atoms with Crippen molar-refractivity contribution in [3.63, 3.8) is 0 Å². The Hall–Kier alpha value is -0.200. The van der Waals surface area contributed by atoms with Gasteiger partial charge in [-0.3, -0.25) is 4.79 Å². The average molecular weight is 207 g/mol.